The van der Waals surface area contributed by atoms with Gasteiger partial charge in [0, 0.05) is 80.2 Å². The lowest BCUT2D eigenvalue weighted by molar-refractivity contribution is -0.121. The Kier molecular flexibility index (Phi) is 26.6. The molecule has 0 radical (unpaired) electrons. The molecule has 79 heavy (non-hydrogen) atoms. The molecule has 18 heteroatoms. The van der Waals surface area contributed by atoms with Crippen LogP contribution in [0.1, 0.15) is 115 Å². The Labute approximate surface area is 475 Å². The van der Waals surface area contributed by atoms with Crippen molar-refractivity contribution in [1.82, 2.24) is 10.8 Å². The standard InChI is InChI=1S/C46H47N5O7.C9H20N2O2S2.C4H10.C2H2/c1-4-5-14-44(52)49-32-18-28(26-57-42-23-36(47)34(21-40(42)55-2)45(53)50-16-15-30-10-6-8-12-38(30)50)17-29(19-32)27-58-43-24-37-35(22-41(43)56-3)46(54)51-33(25-48-37)20-31-11-7-9-13-39(31)51;1-10-13-7-4-6-11-9(12)5-3-8-15-14-2;1-3-4-2;1-2/h6-13,17-19,21-24,33,48H,4-5,14-16,20,25-27,47H2,1-3H3,(H,49,52);10H,3-8H2,1-2H3,(H,11,12);3-4H2,1-2H3;1-2H. The maximum absolute atomic E-state index is 13.9. The summed E-state index contributed by atoms with van der Waals surface area (Å²) in [6, 6.07) is 28.3. The third kappa shape index (κ3) is 18.0. The molecule has 3 aliphatic heterocycles. The number of nitrogens with one attached hydrogen (secondary N) is 4. The molecule has 5 aromatic carbocycles. The van der Waals surface area contributed by atoms with Crippen molar-refractivity contribution in [3.8, 4) is 35.8 Å². The molecule has 6 N–H and O–H groups in total. The number of nitrogen functional groups attached to an aromatic ring is 1. The molecule has 0 bridgehead atoms. The van der Waals surface area contributed by atoms with E-state index in [1.54, 1.807) is 58.8 Å². The van der Waals surface area contributed by atoms with Crippen LogP contribution in [0, 0.1) is 12.8 Å². The van der Waals surface area contributed by atoms with Gasteiger partial charge in [0.1, 0.15) is 13.2 Å². The fourth-order valence-electron chi connectivity index (χ4n) is 8.96. The van der Waals surface area contributed by atoms with Crippen LogP contribution < -0.4 is 55.9 Å². The van der Waals surface area contributed by atoms with Crippen molar-refractivity contribution in [3.63, 3.8) is 0 Å². The smallest absolute Gasteiger partial charge is 0.260 e. The molecule has 0 saturated carbocycles. The Morgan fingerprint density at radius 2 is 1.42 bits per heavy atom. The fourth-order valence-corrected chi connectivity index (χ4v) is 10.2. The van der Waals surface area contributed by atoms with Crippen molar-refractivity contribution in [3.05, 3.63) is 124 Å². The second kappa shape index (κ2) is 33.4. The number of hydroxylamine groups is 1. The first-order valence-corrected chi connectivity index (χ1v) is 29.7. The minimum absolute atomic E-state index is 0.00600. The average molecular weight is 1120 g/mol. The first-order valence-electron chi connectivity index (χ1n) is 26.9. The number of nitrogens with zero attached hydrogens (tertiary/aromatic N) is 2. The normalized spacial score (nSPS) is 13.4. The molecule has 5 aromatic rings. The molecule has 0 fully saturated rings. The van der Waals surface area contributed by atoms with Gasteiger partial charge in [-0.25, -0.2) is 5.48 Å². The molecule has 0 spiro atoms. The highest BCUT2D eigenvalue weighted by Crippen LogP contribution is 2.41. The minimum atomic E-state index is -0.205. The SMILES string of the molecule is C#C.CCCC.CCCCC(=O)Nc1cc(COc2cc(N)c(C(=O)N3CCc4ccccc43)cc2OC)cc(COc2cc3c(cc2OC)C(=O)N2c4ccccc4CC2CN3)c1.CNOCCCNC(=O)CCCSSC. The lowest BCUT2D eigenvalue weighted by atomic mass is 10.1. The van der Waals surface area contributed by atoms with Crippen molar-refractivity contribution < 1.29 is 43.0 Å². The Hall–Kier alpha value is -7.04. The van der Waals surface area contributed by atoms with Gasteiger partial charge in [-0.2, -0.15) is 0 Å². The highest BCUT2D eigenvalue weighted by Gasteiger charge is 2.38. The Bertz CT molecular complexity index is 2810. The van der Waals surface area contributed by atoms with Crippen LogP contribution in [0.15, 0.2) is 91.0 Å². The van der Waals surface area contributed by atoms with E-state index in [4.69, 9.17) is 29.5 Å². The number of para-hydroxylation sites is 2. The van der Waals surface area contributed by atoms with E-state index in [0.717, 1.165) is 77.9 Å². The molecule has 0 aliphatic carbocycles. The first-order chi connectivity index (χ1) is 38.5. The van der Waals surface area contributed by atoms with E-state index < -0.39 is 0 Å². The largest absolute Gasteiger partial charge is 0.493 e. The summed E-state index contributed by atoms with van der Waals surface area (Å²) in [5, 5.41) is 9.36. The quantitative estimate of drug-likeness (QED) is 0.0129. The Morgan fingerprint density at radius 3 is 2.08 bits per heavy atom. The maximum atomic E-state index is 13.9. The number of hydrogen-bond donors (Lipinski definition) is 5. The van der Waals surface area contributed by atoms with Crippen LogP contribution in [0.3, 0.4) is 0 Å². The highest BCUT2D eigenvalue weighted by atomic mass is 33.1. The number of benzene rings is 5. The number of amides is 4. The third-order valence-electron chi connectivity index (χ3n) is 13.1. The summed E-state index contributed by atoms with van der Waals surface area (Å²) in [5.74, 6) is 2.42. The Balaban J connectivity index is 0.000000466. The summed E-state index contributed by atoms with van der Waals surface area (Å²) in [7, 11) is 8.33. The lowest BCUT2D eigenvalue weighted by Crippen LogP contribution is -2.39. The number of rotatable bonds is 24. The lowest BCUT2D eigenvalue weighted by Gasteiger charge is -2.22. The van der Waals surface area contributed by atoms with Crippen molar-refractivity contribution >= 4 is 73.7 Å². The number of carbonyl (C=O) groups excluding carboxylic acids is 4. The number of fused-ring (bicyclic) bond motifs is 5. The van der Waals surface area contributed by atoms with Crippen molar-refractivity contribution in [2.75, 3.05) is 85.7 Å². The van der Waals surface area contributed by atoms with Gasteiger partial charge in [-0.05, 0) is 103 Å². The van der Waals surface area contributed by atoms with Crippen molar-refractivity contribution in [2.45, 2.75) is 104 Å². The number of methoxy groups -OCH3 is 2. The fraction of sp³-hybridized carbons (Fsp3) is 0.410. The van der Waals surface area contributed by atoms with E-state index in [1.165, 1.54) is 20.0 Å². The molecule has 1 atom stereocenters. The van der Waals surface area contributed by atoms with Crippen LogP contribution in [0.2, 0.25) is 0 Å². The van der Waals surface area contributed by atoms with Crippen LogP contribution >= 0.6 is 21.6 Å². The van der Waals surface area contributed by atoms with Gasteiger partial charge in [0.25, 0.3) is 11.8 Å². The zero-order chi connectivity index (χ0) is 57.1. The number of unbranched alkanes of at least 4 members (excludes halogenated alkanes) is 2. The number of anilines is 5. The number of carbonyl (C=O) groups is 4. The molecule has 4 amide bonds. The van der Waals surface area contributed by atoms with Crippen LogP contribution in [-0.4, -0.2) is 89.2 Å². The van der Waals surface area contributed by atoms with Gasteiger partial charge in [-0.3, -0.25) is 19.2 Å². The van der Waals surface area contributed by atoms with E-state index in [2.05, 4.69) is 54.2 Å². The summed E-state index contributed by atoms with van der Waals surface area (Å²) in [6.07, 6.45) is 18.7. The topological polar surface area (TPSA) is 195 Å². The van der Waals surface area contributed by atoms with Gasteiger partial charge < -0.3 is 55.3 Å². The Morgan fingerprint density at radius 1 is 0.772 bits per heavy atom. The zero-order valence-electron chi connectivity index (χ0n) is 46.9. The van der Waals surface area contributed by atoms with Crippen LogP contribution in [-0.2, 0) is 40.5 Å². The van der Waals surface area contributed by atoms with E-state index in [-0.39, 0.29) is 48.6 Å². The molecule has 1 unspecified atom stereocenters. The maximum Gasteiger partial charge on any atom is 0.260 e. The number of ether oxygens (including phenoxy) is 4. The molecule has 0 saturated heterocycles. The monoisotopic (exact) mass is 1120 g/mol. The highest BCUT2D eigenvalue weighted by molar-refractivity contribution is 8.76. The van der Waals surface area contributed by atoms with E-state index in [0.29, 0.717) is 84.6 Å². The molecule has 8 rings (SSSR count). The van der Waals surface area contributed by atoms with Crippen LogP contribution in [0.25, 0.3) is 0 Å². The predicted molar refractivity (Wildman–Crippen MR) is 323 cm³/mol. The minimum Gasteiger partial charge on any atom is -0.493 e. The average Bonchev–Trinajstić information content (AvgIpc) is 4.25. The summed E-state index contributed by atoms with van der Waals surface area (Å²) in [4.78, 5) is 60.3. The molecular weight excluding hydrogens is 1040 g/mol. The third-order valence-corrected chi connectivity index (χ3v) is 15.0. The summed E-state index contributed by atoms with van der Waals surface area (Å²) >= 11 is 0. The van der Waals surface area contributed by atoms with E-state index in [9.17, 15) is 19.2 Å². The summed E-state index contributed by atoms with van der Waals surface area (Å²) in [5.41, 5.74) is 17.1. The number of hydrogen-bond acceptors (Lipinski definition) is 14. The van der Waals surface area contributed by atoms with Gasteiger partial charge in [0.15, 0.2) is 23.0 Å². The second-order valence-corrected chi connectivity index (χ2v) is 21.3. The van der Waals surface area contributed by atoms with Gasteiger partial charge in [0.05, 0.1) is 43.7 Å². The van der Waals surface area contributed by atoms with Crippen molar-refractivity contribution in [1.29, 1.82) is 0 Å². The van der Waals surface area contributed by atoms with Gasteiger partial charge in [-0.1, -0.05) is 98.0 Å². The molecule has 424 valence electrons. The zero-order valence-corrected chi connectivity index (χ0v) is 48.5. The van der Waals surface area contributed by atoms with Crippen molar-refractivity contribution in [2.24, 2.45) is 0 Å². The summed E-state index contributed by atoms with van der Waals surface area (Å²) < 4.78 is 24.1. The molecule has 3 heterocycles. The van der Waals surface area contributed by atoms with Crippen LogP contribution in [0.4, 0.5) is 28.4 Å². The molecule has 16 nitrogen and oxygen atoms in total. The second-order valence-electron chi connectivity index (χ2n) is 18.6. The van der Waals surface area contributed by atoms with E-state index in [1.807, 2.05) is 84.8 Å². The van der Waals surface area contributed by atoms with Gasteiger partial charge in [0.2, 0.25) is 11.8 Å². The van der Waals surface area contributed by atoms with E-state index >= 15 is 0 Å². The molecule has 0 aromatic heterocycles. The number of nitrogens with two attached hydrogens (primary N) is 1. The molecular formula is C61H79N7O9S2. The molecule has 3 aliphatic rings. The van der Waals surface area contributed by atoms with Gasteiger partial charge in [-0.15, -0.1) is 12.8 Å². The predicted octanol–water partition coefficient (Wildman–Crippen LogP) is 11.3. The number of terminal acetylenes is 1. The first kappa shape index (κ1) is 62.8. The summed E-state index contributed by atoms with van der Waals surface area (Å²) in [6.45, 7) is 9.10. The van der Waals surface area contributed by atoms with Gasteiger partial charge >= 0.3 is 0 Å². The van der Waals surface area contributed by atoms with Crippen LogP contribution in [0.5, 0.6) is 23.0 Å².